The van der Waals surface area contributed by atoms with Crippen LogP contribution in [0.3, 0.4) is 0 Å². The zero-order valence-corrected chi connectivity index (χ0v) is 10.6. The zero-order chi connectivity index (χ0) is 13.0. The smallest absolute Gasteiger partial charge is 0.206 e. The molecule has 0 fully saturated rings. The molecule has 5 nitrogen and oxygen atoms in total. The molecule has 1 aromatic heterocycles. The fourth-order valence-electron chi connectivity index (χ4n) is 1.86. The first kappa shape index (κ1) is 12.7. The first-order chi connectivity index (χ1) is 8.63. The molecule has 5 heteroatoms. The molecule has 0 bridgehead atoms. The fraction of sp³-hybridized carbons (Fsp3) is 0.462. The molecule has 0 spiro atoms. The summed E-state index contributed by atoms with van der Waals surface area (Å²) in [5.41, 5.74) is 0.342. The van der Waals surface area contributed by atoms with Gasteiger partial charge in [-0.3, -0.25) is 9.88 Å². The molecule has 18 heavy (non-hydrogen) atoms. The predicted octanol–water partition coefficient (Wildman–Crippen LogP) is 1.43. The second-order valence-electron chi connectivity index (χ2n) is 4.68. The van der Waals surface area contributed by atoms with E-state index in [0.29, 0.717) is 13.2 Å². The minimum absolute atomic E-state index is 0.339. The highest BCUT2D eigenvalue weighted by molar-refractivity contribution is 5.70. The number of pyridine rings is 1. The summed E-state index contributed by atoms with van der Waals surface area (Å²) in [6.07, 6.45) is 3.07. The highest BCUT2D eigenvalue weighted by Gasteiger charge is 2.31. The van der Waals surface area contributed by atoms with Crippen LogP contribution in [0.5, 0.6) is 0 Å². The number of hydrogen-bond acceptors (Lipinski definition) is 5. The third-order valence-electron chi connectivity index (χ3n) is 2.80. The van der Waals surface area contributed by atoms with E-state index in [4.69, 9.17) is 10.00 Å². The minimum Gasteiger partial charge on any atom is -0.337 e. The van der Waals surface area contributed by atoms with E-state index in [1.807, 2.05) is 37.1 Å². The summed E-state index contributed by atoms with van der Waals surface area (Å²) in [7, 11) is 1.90. The third kappa shape index (κ3) is 2.92. The average Bonchev–Trinajstić information content (AvgIpc) is 2.39. The maximum absolute atomic E-state index is 9.04. The van der Waals surface area contributed by atoms with Gasteiger partial charge in [0.2, 0.25) is 6.35 Å². The Labute approximate surface area is 107 Å². The Morgan fingerprint density at radius 2 is 2.44 bits per heavy atom. The van der Waals surface area contributed by atoms with Gasteiger partial charge in [0.1, 0.15) is 5.41 Å². The van der Waals surface area contributed by atoms with Crippen LogP contribution in [0.25, 0.3) is 0 Å². The number of nitrogens with zero attached hydrogens (tertiary/aromatic N) is 4. The molecule has 2 rings (SSSR count). The normalized spacial score (nSPS) is 27.9. The fourth-order valence-corrected chi connectivity index (χ4v) is 1.86. The van der Waals surface area contributed by atoms with Gasteiger partial charge < -0.3 is 4.74 Å². The van der Waals surface area contributed by atoms with Gasteiger partial charge in [-0.15, -0.1) is 0 Å². The van der Waals surface area contributed by atoms with Crippen molar-refractivity contribution >= 4 is 6.21 Å². The summed E-state index contributed by atoms with van der Waals surface area (Å²) < 4.78 is 5.68. The molecule has 0 N–H and O–H groups in total. The summed E-state index contributed by atoms with van der Waals surface area (Å²) in [5.74, 6) is 0. The molecule has 1 aromatic rings. The lowest BCUT2D eigenvalue weighted by atomic mass is 9.93. The predicted molar refractivity (Wildman–Crippen MR) is 67.7 cm³/mol. The zero-order valence-electron chi connectivity index (χ0n) is 10.6. The minimum atomic E-state index is -0.528. The van der Waals surface area contributed by atoms with Crippen molar-refractivity contribution in [1.29, 1.82) is 5.26 Å². The molecule has 2 atom stereocenters. The van der Waals surface area contributed by atoms with Gasteiger partial charge >= 0.3 is 0 Å². The van der Waals surface area contributed by atoms with Crippen molar-refractivity contribution in [1.82, 2.24) is 9.88 Å². The Bertz CT molecular complexity index is 468. The topological polar surface area (TPSA) is 61.5 Å². The van der Waals surface area contributed by atoms with Crippen LogP contribution in [-0.4, -0.2) is 36.0 Å². The highest BCUT2D eigenvalue weighted by atomic mass is 16.5. The quantitative estimate of drug-likeness (QED) is 0.807. The first-order valence-corrected chi connectivity index (χ1v) is 5.80. The van der Waals surface area contributed by atoms with Crippen LogP contribution in [-0.2, 0) is 11.3 Å². The second kappa shape index (κ2) is 5.25. The molecule has 2 heterocycles. The Morgan fingerprint density at radius 1 is 1.61 bits per heavy atom. The van der Waals surface area contributed by atoms with Crippen molar-refractivity contribution in [2.24, 2.45) is 10.4 Å². The monoisotopic (exact) mass is 244 g/mol. The molecule has 1 aliphatic heterocycles. The van der Waals surface area contributed by atoms with Crippen LogP contribution in [0.2, 0.25) is 0 Å². The lowest BCUT2D eigenvalue weighted by molar-refractivity contribution is -0.0628. The van der Waals surface area contributed by atoms with E-state index in [1.54, 1.807) is 12.4 Å². The van der Waals surface area contributed by atoms with Gasteiger partial charge in [0.25, 0.3) is 0 Å². The number of hydrogen-bond donors (Lipinski definition) is 0. The van der Waals surface area contributed by atoms with E-state index < -0.39 is 5.41 Å². The molecule has 1 aliphatic rings. The molecule has 2 unspecified atom stereocenters. The molecular formula is C13H16N4O. The van der Waals surface area contributed by atoms with E-state index in [0.717, 1.165) is 5.69 Å². The third-order valence-corrected chi connectivity index (χ3v) is 2.80. The maximum Gasteiger partial charge on any atom is 0.206 e. The number of ether oxygens (including phenoxy) is 1. The van der Waals surface area contributed by atoms with Crippen LogP contribution in [0.15, 0.2) is 29.4 Å². The first-order valence-electron chi connectivity index (χ1n) is 5.80. The van der Waals surface area contributed by atoms with E-state index >= 15 is 0 Å². The van der Waals surface area contributed by atoms with Crippen LogP contribution in [0.4, 0.5) is 0 Å². The van der Waals surface area contributed by atoms with Gasteiger partial charge in [0.15, 0.2) is 0 Å². The van der Waals surface area contributed by atoms with Gasteiger partial charge in [0, 0.05) is 19.0 Å². The standard InChI is InChI=1S/C13H16N4O/c1-13(8-14)9-16-12(17(2)10-13)18-7-11-5-3-4-6-15-11/h3-6,9,12H,7,10H2,1-2H3. The van der Waals surface area contributed by atoms with Crippen molar-refractivity contribution in [2.45, 2.75) is 19.9 Å². The summed E-state index contributed by atoms with van der Waals surface area (Å²) in [6.45, 7) is 2.89. The van der Waals surface area contributed by atoms with Gasteiger partial charge in [-0.1, -0.05) is 6.07 Å². The lowest BCUT2D eigenvalue weighted by Crippen LogP contribution is -2.45. The summed E-state index contributed by atoms with van der Waals surface area (Å²) in [6, 6.07) is 7.95. The van der Waals surface area contributed by atoms with Crippen molar-refractivity contribution in [2.75, 3.05) is 13.6 Å². The Hall–Kier alpha value is -1.77. The largest absolute Gasteiger partial charge is 0.337 e. The molecule has 0 amide bonds. The molecule has 94 valence electrons. The van der Waals surface area contributed by atoms with E-state index in [9.17, 15) is 0 Å². The number of rotatable bonds is 3. The summed E-state index contributed by atoms with van der Waals surface area (Å²) in [5, 5.41) is 9.04. The van der Waals surface area contributed by atoms with Crippen molar-refractivity contribution < 1.29 is 4.74 Å². The molecular weight excluding hydrogens is 228 g/mol. The molecule has 0 aliphatic carbocycles. The molecule has 0 saturated carbocycles. The maximum atomic E-state index is 9.04. The number of aromatic nitrogens is 1. The molecule has 0 radical (unpaired) electrons. The summed E-state index contributed by atoms with van der Waals surface area (Å²) >= 11 is 0. The van der Waals surface area contributed by atoms with Crippen LogP contribution >= 0.6 is 0 Å². The molecule has 0 aromatic carbocycles. The van der Waals surface area contributed by atoms with Crippen molar-refractivity contribution in [3.05, 3.63) is 30.1 Å². The summed E-state index contributed by atoms with van der Waals surface area (Å²) in [4.78, 5) is 10.4. The van der Waals surface area contributed by atoms with Crippen molar-refractivity contribution in [3.8, 4) is 6.07 Å². The van der Waals surface area contributed by atoms with Gasteiger partial charge in [-0.25, -0.2) is 4.99 Å². The lowest BCUT2D eigenvalue weighted by Gasteiger charge is -2.33. The Kier molecular flexibility index (Phi) is 3.70. The Morgan fingerprint density at radius 3 is 3.06 bits per heavy atom. The van der Waals surface area contributed by atoms with E-state index in [-0.39, 0.29) is 6.35 Å². The highest BCUT2D eigenvalue weighted by Crippen LogP contribution is 2.21. The van der Waals surface area contributed by atoms with Gasteiger partial charge in [0.05, 0.1) is 18.4 Å². The van der Waals surface area contributed by atoms with Crippen molar-refractivity contribution in [3.63, 3.8) is 0 Å². The number of nitriles is 1. The van der Waals surface area contributed by atoms with Crippen LogP contribution in [0, 0.1) is 16.7 Å². The van der Waals surface area contributed by atoms with E-state index in [1.165, 1.54) is 0 Å². The molecule has 0 saturated heterocycles. The average molecular weight is 244 g/mol. The second-order valence-corrected chi connectivity index (χ2v) is 4.68. The number of aliphatic imine (C=N–C) groups is 1. The van der Waals surface area contributed by atoms with Gasteiger partial charge in [-0.2, -0.15) is 5.26 Å². The van der Waals surface area contributed by atoms with Crippen LogP contribution < -0.4 is 0 Å². The van der Waals surface area contributed by atoms with Crippen LogP contribution in [0.1, 0.15) is 12.6 Å². The van der Waals surface area contributed by atoms with E-state index in [2.05, 4.69) is 16.0 Å². The SMILES string of the molecule is CN1CC(C)(C#N)C=NC1OCc1ccccn1. The van der Waals surface area contributed by atoms with Gasteiger partial charge in [-0.05, 0) is 26.1 Å². The Balaban J connectivity index is 1.96.